The molecule has 1 aliphatic heterocycles. The zero-order valence-corrected chi connectivity index (χ0v) is 9.80. The molecule has 0 unspecified atom stereocenters. The lowest BCUT2D eigenvalue weighted by Gasteiger charge is -2.32. The molecule has 1 saturated carbocycles. The summed E-state index contributed by atoms with van der Waals surface area (Å²) >= 11 is 0. The van der Waals surface area contributed by atoms with E-state index in [1.165, 1.54) is 6.92 Å². The van der Waals surface area contributed by atoms with Gasteiger partial charge in [0.1, 0.15) is 0 Å². The van der Waals surface area contributed by atoms with Gasteiger partial charge in [0, 0.05) is 5.92 Å². The highest BCUT2D eigenvalue weighted by Crippen LogP contribution is 2.63. The van der Waals surface area contributed by atoms with Crippen molar-refractivity contribution >= 4 is 7.12 Å². The van der Waals surface area contributed by atoms with Gasteiger partial charge >= 0.3 is 7.12 Å². The monoisotopic (exact) mass is 218 g/mol. The van der Waals surface area contributed by atoms with Gasteiger partial charge < -0.3 is 9.31 Å². The van der Waals surface area contributed by atoms with Crippen molar-refractivity contribution in [2.75, 3.05) is 0 Å². The van der Waals surface area contributed by atoms with E-state index in [1.807, 2.05) is 27.7 Å². The maximum absolute atomic E-state index is 13.2. The molecular formula is C10H17BF2O2. The summed E-state index contributed by atoms with van der Waals surface area (Å²) < 4.78 is 37.6. The molecule has 0 aromatic heterocycles. The molecule has 1 heterocycles. The fourth-order valence-electron chi connectivity index (χ4n) is 1.96. The smallest absolute Gasteiger partial charge is 0.403 e. The van der Waals surface area contributed by atoms with Gasteiger partial charge in [0.25, 0.3) is 5.92 Å². The van der Waals surface area contributed by atoms with Crippen LogP contribution >= 0.6 is 0 Å². The Morgan fingerprint density at radius 2 is 1.33 bits per heavy atom. The van der Waals surface area contributed by atoms with Crippen LogP contribution in [0.25, 0.3) is 0 Å². The Bertz CT molecular complexity index is 275. The summed E-state index contributed by atoms with van der Waals surface area (Å²) in [6, 6.07) is 0. The Hall–Kier alpha value is -0.155. The van der Waals surface area contributed by atoms with Crippen molar-refractivity contribution in [3.63, 3.8) is 0 Å². The zero-order valence-electron chi connectivity index (χ0n) is 9.80. The summed E-state index contributed by atoms with van der Waals surface area (Å²) in [7, 11) is -0.764. The van der Waals surface area contributed by atoms with Crippen molar-refractivity contribution in [3.05, 3.63) is 0 Å². The highest BCUT2D eigenvalue weighted by atomic mass is 19.3. The third-order valence-corrected chi connectivity index (χ3v) is 4.05. The van der Waals surface area contributed by atoms with E-state index in [4.69, 9.17) is 9.31 Å². The summed E-state index contributed by atoms with van der Waals surface area (Å²) in [6.07, 6.45) is 0. The summed E-state index contributed by atoms with van der Waals surface area (Å²) in [5.41, 5.74) is -1.04. The van der Waals surface area contributed by atoms with E-state index in [-0.39, 0.29) is 0 Å². The fourth-order valence-corrected chi connectivity index (χ4v) is 1.96. The molecule has 1 saturated heterocycles. The first-order chi connectivity index (χ1) is 6.59. The van der Waals surface area contributed by atoms with Crippen molar-refractivity contribution in [1.29, 1.82) is 0 Å². The van der Waals surface area contributed by atoms with E-state index in [1.54, 1.807) is 0 Å². The van der Waals surface area contributed by atoms with Gasteiger partial charge in [-0.25, -0.2) is 8.78 Å². The topological polar surface area (TPSA) is 18.5 Å². The lowest BCUT2D eigenvalue weighted by molar-refractivity contribution is 0.00578. The molecule has 2 fully saturated rings. The average molecular weight is 218 g/mol. The van der Waals surface area contributed by atoms with Crippen LogP contribution in [0.2, 0.25) is 5.82 Å². The highest BCUT2D eigenvalue weighted by molar-refractivity contribution is 6.49. The van der Waals surface area contributed by atoms with Crippen LogP contribution in [0.4, 0.5) is 8.78 Å². The Morgan fingerprint density at radius 3 is 1.60 bits per heavy atom. The first-order valence-electron chi connectivity index (χ1n) is 5.33. The molecule has 2 nitrogen and oxygen atoms in total. The van der Waals surface area contributed by atoms with E-state index < -0.39 is 36.0 Å². The molecule has 2 rings (SSSR count). The van der Waals surface area contributed by atoms with Crippen LogP contribution in [-0.2, 0) is 9.31 Å². The SMILES string of the molecule is C[C@@H]1[C@@H](B2OC(C)(C)C(C)(C)O2)C1(F)F. The Kier molecular flexibility index (Phi) is 2.07. The molecule has 15 heavy (non-hydrogen) atoms. The zero-order chi connectivity index (χ0) is 11.6. The second-order valence-electron chi connectivity index (χ2n) is 5.61. The lowest BCUT2D eigenvalue weighted by atomic mass is 9.80. The molecule has 0 spiro atoms. The molecule has 5 heteroatoms. The summed E-state index contributed by atoms with van der Waals surface area (Å²) in [5.74, 6) is -4.04. The molecular weight excluding hydrogens is 201 g/mol. The third kappa shape index (κ3) is 1.43. The van der Waals surface area contributed by atoms with Gasteiger partial charge in [-0.3, -0.25) is 0 Å². The van der Waals surface area contributed by atoms with Gasteiger partial charge in [0.2, 0.25) is 0 Å². The molecule has 2 atom stereocenters. The van der Waals surface area contributed by atoms with Crippen LogP contribution in [0.15, 0.2) is 0 Å². The van der Waals surface area contributed by atoms with Gasteiger partial charge in [-0.1, -0.05) is 6.92 Å². The summed E-state index contributed by atoms with van der Waals surface area (Å²) in [4.78, 5) is 0. The van der Waals surface area contributed by atoms with Crippen LogP contribution in [0.1, 0.15) is 34.6 Å². The van der Waals surface area contributed by atoms with Gasteiger partial charge in [0.05, 0.1) is 17.0 Å². The average Bonchev–Trinajstić information content (AvgIpc) is 2.38. The molecule has 0 aromatic rings. The third-order valence-electron chi connectivity index (χ3n) is 4.05. The number of alkyl halides is 2. The Morgan fingerprint density at radius 1 is 1.00 bits per heavy atom. The largest absolute Gasteiger partial charge is 0.467 e. The van der Waals surface area contributed by atoms with Crippen molar-refractivity contribution in [3.8, 4) is 0 Å². The van der Waals surface area contributed by atoms with E-state index in [0.29, 0.717) is 0 Å². The number of hydrogen-bond acceptors (Lipinski definition) is 2. The molecule has 0 aromatic carbocycles. The Balaban J connectivity index is 2.12. The van der Waals surface area contributed by atoms with E-state index in [0.717, 1.165) is 0 Å². The maximum Gasteiger partial charge on any atom is 0.467 e. The molecule has 0 radical (unpaired) electrons. The predicted octanol–water partition coefficient (Wildman–Crippen LogP) is 2.73. The molecule has 1 aliphatic carbocycles. The van der Waals surface area contributed by atoms with Crippen molar-refractivity contribution < 1.29 is 18.1 Å². The number of halogens is 2. The molecule has 0 N–H and O–H groups in total. The molecule has 2 aliphatic rings. The van der Waals surface area contributed by atoms with Gasteiger partial charge in [0.15, 0.2) is 0 Å². The predicted molar refractivity (Wildman–Crippen MR) is 53.9 cm³/mol. The maximum atomic E-state index is 13.2. The van der Waals surface area contributed by atoms with Crippen molar-refractivity contribution in [2.24, 2.45) is 5.92 Å². The van der Waals surface area contributed by atoms with Crippen LogP contribution in [-0.4, -0.2) is 24.2 Å². The van der Waals surface area contributed by atoms with Crippen LogP contribution in [0.5, 0.6) is 0 Å². The first-order valence-corrected chi connectivity index (χ1v) is 5.33. The second-order valence-corrected chi connectivity index (χ2v) is 5.61. The van der Waals surface area contributed by atoms with Crippen LogP contribution in [0, 0.1) is 5.92 Å². The van der Waals surface area contributed by atoms with Crippen LogP contribution in [0.3, 0.4) is 0 Å². The number of rotatable bonds is 1. The molecule has 0 amide bonds. The van der Waals surface area contributed by atoms with E-state index in [9.17, 15) is 8.78 Å². The second kappa shape index (κ2) is 2.75. The number of hydrogen-bond donors (Lipinski definition) is 0. The fraction of sp³-hybridized carbons (Fsp3) is 1.00. The standard InChI is InChI=1S/C10H17BF2O2/c1-6-7(10(6,12)13)11-14-8(2,3)9(4,5)15-11/h6-7H,1-5H3/t6-,7-/m1/s1. The van der Waals surface area contributed by atoms with Crippen molar-refractivity contribution in [2.45, 2.75) is 57.6 Å². The van der Waals surface area contributed by atoms with Crippen LogP contribution < -0.4 is 0 Å². The lowest BCUT2D eigenvalue weighted by Crippen LogP contribution is -2.41. The first kappa shape index (κ1) is 11.3. The normalized spacial score (nSPS) is 40.6. The van der Waals surface area contributed by atoms with Gasteiger partial charge in [-0.05, 0) is 27.7 Å². The minimum atomic E-state index is -2.62. The highest BCUT2D eigenvalue weighted by Gasteiger charge is 2.74. The quantitative estimate of drug-likeness (QED) is 0.630. The van der Waals surface area contributed by atoms with E-state index in [2.05, 4.69) is 0 Å². The summed E-state index contributed by atoms with van der Waals surface area (Å²) in [6.45, 7) is 9.03. The summed E-state index contributed by atoms with van der Waals surface area (Å²) in [5, 5.41) is 0. The van der Waals surface area contributed by atoms with Crippen molar-refractivity contribution in [1.82, 2.24) is 0 Å². The van der Waals surface area contributed by atoms with Gasteiger partial charge in [-0.2, -0.15) is 0 Å². The van der Waals surface area contributed by atoms with E-state index >= 15 is 0 Å². The molecule has 0 bridgehead atoms. The minimum Gasteiger partial charge on any atom is -0.403 e. The minimum absolute atomic E-state index is 0.518. The molecule has 86 valence electrons. The Labute approximate surface area is 89.5 Å². The van der Waals surface area contributed by atoms with Gasteiger partial charge in [-0.15, -0.1) is 0 Å².